The van der Waals surface area contributed by atoms with E-state index in [1.807, 2.05) is 12.1 Å². The molecule has 0 saturated carbocycles. The van der Waals surface area contributed by atoms with Crippen LogP contribution in [-0.4, -0.2) is 43.2 Å². The lowest BCUT2D eigenvalue weighted by Crippen LogP contribution is -2.21. The van der Waals surface area contributed by atoms with Crippen LogP contribution in [0.4, 0.5) is 5.95 Å². The Morgan fingerprint density at radius 1 is 1.33 bits per heavy atom. The van der Waals surface area contributed by atoms with Crippen molar-refractivity contribution in [3.05, 3.63) is 33.9 Å². The molecule has 7 nitrogen and oxygen atoms in total. The van der Waals surface area contributed by atoms with Gasteiger partial charge in [0.1, 0.15) is 12.4 Å². The van der Waals surface area contributed by atoms with E-state index in [9.17, 15) is 4.79 Å². The molecule has 0 aliphatic carbocycles. The molecule has 0 aliphatic heterocycles. The van der Waals surface area contributed by atoms with Crippen LogP contribution in [0.25, 0.3) is 11.3 Å². The summed E-state index contributed by atoms with van der Waals surface area (Å²) in [5, 5.41) is 2.60. The zero-order chi connectivity index (χ0) is 17.7. The number of rotatable bonds is 6. The first kappa shape index (κ1) is 18.2. The van der Waals surface area contributed by atoms with Crippen molar-refractivity contribution in [2.24, 2.45) is 0 Å². The molecule has 1 aromatic carbocycles. The standard InChI is InChI=1S/C16H19BrN4O3/c1-9-13(15(22)19-2)14(21-16(18)20-9)10-4-5-12(11(17)8-10)24-7-6-23-3/h4-5,8H,6-7H2,1-3H3,(H,19,22)(H2,18,20,21). The number of anilines is 1. The predicted octanol–water partition coefficient (Wildman–Crippen LogP) is 2.18. The molecular formula is C16H19BrN4O3. The minimum Gasteiger partial charge on any atom is -0.490 e. The molecule has 2 rings (SSSR count). The number of hydrogen-bond acceptors (Lipinski definition) is 6. The van der Waals surface area contributed by atoms with Crippen molar-refractivity contribution in [3.8, 4) is 17.0 Å². The molecule has 0 radical (unpaired) electrons. The summed E-state index contributed by atoms with van der Waals surface area (Å²) in [5.74, 6) is 0.529. The number of ether oxygens (including phenoxy) is 2. The van der Waals surface area contributed by atoms with Gasteiger partial charge in [-0.15, -0.1) is 0 Å². The van der Waals surface area contributed by atoms with E-state index in [-0.39, 0.29) is 11.9 Å². The molecule has 8 heteroatoms. The zero-order valence-electron chi connectivity index (χ0n) is 13.7. The Morgan fingerprint density at radius 2 is 2.08 bits per heavy atom. The van der Waals surface area contributed by atoms with Crippen molar-refractivity contribution < 1.29 is 14.3 Å². The molecule has 0 atom stereocenters. The summed E-state index contributed by atoms with van der Waals surface area (Å²) in [6, 6.07) is 5.45. The van der Waals surface area contributed by atoms with Gasteiger partial charge in [-0.05, 0) is 41.1 Å². The van der Waals surface area contributed by atoms with Gasteiger partial charge in [-0.25, -0.2) is 9.97 Å². The van der Waals surface area contributed by atoms with E-state index >= 15 is 0 Å². The van der Waals surface area contributed by atoms with Crippen molar-refractivity contribution in [2.45, 2.75) is 6.92 Å². The Balaban J connectivity index is 2.45. The first-order valence-electron chi connectivity index (χ1n) is 7.25. The fraction of sp³-hybridized carbons (Fsp3) is 0.312. The molecule has 0 unspecified atom stereocenters. The molecule has 0 fully saturated rings. The van der Waals surface area contributed by atoms with Crippen LogP contribution in [0.5, 0.6) is 5.75 Å². The van der Waals surface area contributed by atoms with Crippen LogP contribution >= 0.6 is 15.9 Å². The molecule has 128 valence electrons. The molecule has 1 heterocycles. The Hall–Kier alpha value is -2.19. The number of carbonyl (C=O) groups is 1. The SMILES string of the molecule is CNC(=O)c1c(C)nc(N)nc1-c1ccc(OCCOC)c(Br)c1. The van der Waals surface area contributed by atoms with Crippen LogP contribution in [0.1, 0.15) is 16.1 Å². The first-order chi connectivity index (χ1) is 11.5. The van der Waals surface area contributed by atoms with E-state index in [0.29, 0.717) is 35.9 Å². The molecule has 0 spiro atoms. The summed E-state index contributed by atoms with van der Waals surface area (Å²) in [5.41, 5.74) is 7.88. The third-order valence-electron chi connectivity index (χ3n) is 3.31. The van der Waals surface area contributed by atoms with Gasteiger partial charge in [0, 0.05) is 19.7 Å². The second-order valence-electron chi connectivity index (χ2n) is 4.96. The van der Waals surface area contributed by atoms with Crippen molar-refractivity contribution in [2.75, 3.05) is 33.1 Å². The summed E-state index contributed by atoms with van der Waals surface area (Å²) in [6.45, 7) is 2.66. The summed E-state index contributed by atoms with van der Waals surface area (Å²) >= 11 is 3.47. The lowest BCUT2D eigenvalue weighted by atomic mass is 10.0. The second-order valence-corrected chi connectivity index (χ2v) is 5.81. The van der Waals surface area contributed by atoms with Gasteiger partial charge < -0.3 is 20.5 Å². The van der Waals surface area contributed by atoms with Gasteiger partial charge in [-0.2, -0.15) is 0 Å². The minimum atomic E-state index is -0.265. The van der Waals surface area contributed by atoms with Crippen LogP contribution < -0.4 is 15.8 Å². The second kappa shape index (κ2) is 8.07. The van der Waals surface area contributed by atoms with Gasteiger partial charge in [0.05, 0.1) is 28.0 Å². The third-order valence-corrected chi connectivity index (χ3v) is 3.93. The smallest absolute Gasteiger partial charge is 0.255 e. The molecule has 0 saturated heterocycles. The van der Waals surface area contributed by atoms with Crippen LogP contribution in [0.15, 0.2) is 22.7 Å². The van der Waals surface area contributed by atoms with Crippen molar-refractivity contribution in [1.29, 1.82) is 0 Å². The first-order valence-corrected chi connectivity index (χ1v) is 8.05. The molecule has 0 bridgehead atoms. The van der Waals surface area contributed by atoms with Crippen molar-refractivity contribution >= 4 is 27.8 Å². The van der Waals surface area contributed by atoms with Crippen LogP contribution in [0.2, 0.25) is 0 Å². The minimum absolute atomic E-state index is 0.117. The number of methoxy groups -OCH3 is 1. The number of carbonyl (C=O) groups excluding carboxylic acids is 1. The number of nitrogen functional groups attached to an aromatic ring is 1. The Kier molecular flexibility index (Phi) is 6.10. The molecule has 0 aliphatic rings. The Morgan fingerprint density at radius 3 is 2.71 bits per heavy atom. The van der Waals surface area contributed by atoms with Crippen LogP contribution in [-0.2, 0) is 4.74 Å². The Labute approximate surface area is 148 Å². The summed E-state index contributed by atoms with van der Waals surface area (Å²) < 4.78 is 11.3. The number of aryl methyl sites for hydroxylation is 1. The normalized spacial score (nSPS) is 10.5. The van der Waals surface area contributed by atoms with Crippen LogP contribution in [0, 0.1) is 6.92 Å². The Bertz CT molecular complexity index is 752. The molecule has 1 aromatic heterocycles. The van der Waals surface area contributed by atoms with Gasteiger partial charge in [0.25, 0.3) is 5.91 Å². The highest BCUT2D eigenvalue weighted by atomic mass is 79.9. The average molecular weight is 395 g/mol. The fourth-order valence-corrected chi connectivity index (χ4v) is 2.69. The monoisotopic (exact) mass is 394 g/mol. The van der Waals surface area contributed by atoms with Crippen LogP contribution in [0.3, 0.4) is 0 Å². The van der Waals surface area contributed by atoms with Gasteiger partial charge >= 0.3 is 0 Å². The number of nitrogens with two attached hydrogens (primary N) is 1. The highest BCUT2D eigenvalue weighted by molar-refractivity contribution is 9.10. The van der Waals surface area contributed by atoms with Gasteiger partial charge in [-0.1, -0.05) is 0 Å². The summed E-state index contributed by atoms with van der Waals surface area (Å²) in [7, 11) is 3.17. The third kappa shape index (κ3) is 4.01. The fourth-order valence-electron chi connectivity index (χ4n) is 2.20. The quantitative estimate of drug-likeness (QED) is 0.728. The molecule has 24 heavy (non-hydrogen) atoms. The number of nitrogens with zero attached hydrogens (tertiary/aromatic N) is 2. The maximum Gasteiger partial charge on any atom is 0.255 e. The van der Waals surface area contributed by atoms with E-state index in [0.717, 1.165) is 10.0 Å². The molecule has 2 aromatic rings. The lowest BCUT2D eigenvalue weighted by molar-refractivity contribution is 0.0962. The molecule has 3 N–H and O–H groups in total. The molecule has 1 amide bonds. The number of halogens is 1. The maximum absolute atomic E-state index is 12.2. The van der Waals surface area contributed by atoms with Gasteiger partial charge in [0.15, 0.2) is 0 Å². The van der Waals surface area contributed by atoms with E-state index in [1.165, 1.54) is 0 Å². The van der Waals surface area contributed by atoms with Gasteiger partial charge in [-0.3, -0.25) is 4.79 Å². The van der Waals surface area contributed by atoms with E-state index in [4.69, 9.17) is 15.2 Å². The van der Waals surface area contributed by atoms with E-state index in [2.05, 4.69) is 31.2 Å². The number of hydrogen-bond donors (Lipinski definition) is 2. The van der Waals surface area contributed by atoms with Crippen molar-refractivity contribution in [3.63, 3.8) is 0 Å². The zero-order valence-corrected chi connectivity index (χ0v) is 15.3. The maximum atomic E-state index is 12.2. The lowest BCUT2D eigenvalue weighted by Gasteiger charge is -2.13. The van der Waals surface area contributed by atoms with E-state index in [1.54, 1.807) is 27.1 Å². The number of aromatic nitrogens is 2. The molecular weight excluding hydrogens is 376 g/mol. The summed E-state index contributed by atoms with van der Waals surface area (Å²) in [6.07, 6.45) is 0. The van der Waals surface area contributed by atoms with Gasteiger partial charge in [0.2, 0.25) is 5.95 Å². The predicted molar refractivity (Wildman–Crippen MR) is 95.1 cm³/mol. The van der Waals surface area contributed by atoms with E-state index < -0.39 is 0 Å². The largest absolute Gasteiger partial charge is 0.490 e. The number of benzene rings is 1. The number of nitrogens with one attached hydrogen (secondary N) is 1. The number of amides is 1. The van der Waals surface area contributed by atoms with Crippen molar-refractivity contribution in [1.82, 2.24) is 15.3 Å². The highest BCUT2D eigenvalue weighted by Crippen LogP contribution is 2.32. The average Bonchev–Trinajstić information content (AvgIpc) is 2.55. The highest BCUT2D eigenvalue weighted by Gasteiger charge is 2.19. The summed E-state index contributed by atoms with van der Waals surface area (Å²) in [4.78, 5) is 20.5. The topological polar surface area (TPSA) is 99.4 Å².